The fourth-order valence-electron chi connectivity index (χ4n) is 1.80. The Morgan fingerprint density at radius 1 is 1.24 bits per heavy atom. The van der Waals surface area contributed by atoms with E-state index in [9.17, 15) is 14.9 Å². The molecular formula is C14H8N2O5. The highest BCUT2D eigenvalue weighted by molar-refractivity contribution is 6.11. The molecule has 0 unspecified atom stereocenters. The second kappa shape index (κ2) is 5.04. The summed E-state index contributed by atoms with van der Waals surface area (Å²) in [6.45, 7) is 0. The highest BCUT2D eigenvalue weighted by atomic mass is 16.6. The molecule has 104 valence electrons. The van der Waals surface area contributed by atoms with Crippen LogP contribution in [0.3, 0.4) is 0 Å². The number of esters is 1. The van der Waals surface area contributed by atoms with Gasteiger partial charge in [0.15, 0.2) is 11.5 Å². The number of nitrogens with zero attached hydrogens (tertiary/aromatic N) is 2. The van der Waals surface area contributed by atoms with Gasteiger partial charge in [0.2, 0.25) is 0 Å². The predicted octanol–water partition coefficient (Wildman–Crippen LogP) is 2.53. The Labute approximate surface area is 118 Å². The summed E-state index contributed by atoms with van der Waals surface area (Å²) in [6.07, 6.45) is 2.86. The zero-order valence-corrected chi connectivity index (χ0v) is 10.6. The van der Waals surface area contributed by atoms with Crippen LogP contribution in [0.2, 0.25) is 0 Å². The summed E-state index contributed by atoms with van der Waals surface area (Å²) >= 11 is 0. The number of cyclic esters (lactones) is 1. The van der Waals surface area contributed by atoms with Gasteiger partial charge in [-0.2, -0.15) is 0 Å². The minimum atomic E-state index is -0.632. The van der Waals surface area contributed by atoms with Crippen molar-refractivity contribution in [3.63, 3.8) is 0 Å². The number of furan rings is 1. The van der Waals surface area contributed by atoms with Crippen molar-refractivity contribution < 1.29 is 18.9 Å². The Hall–Kier alpha value is -3.22. The molecule has 1 aliphatic rings. The molecule has 0 fully saturated rings. The number of nitro groups is 1. The van der Waals surface area contributed by atoms with Crippen LogP contribution in [0.15, 0.2) is 57.8 Å². The van der Waals surface area contributed by atoms with Crippen molar-refractivity contribution in [3.8, 4) is 0 Å². The Morgan fingerprint density at radius 3 is 2.81 bits per heavy atom. The largest absolute Gasteiger partial charge is 0.459 e. The lowest BCUT2D eigenvalue weighted by atomic mass is 10.2. The molecule has 0 bridgehead atoms. The molecule has 0 aliphatic carbocycles. The van der Waals surface area contributed by atoms with Crippen LogP contribution in [-0.4, -0.2) is 16.8 Å². The maximum absolute atomic E-state index is 11.7. The van der Waals surface area contributed by atoms with E-state index in [2.05, 4.69) is 4.99 Å². The number of hydrogen-bond acceptors (Lipinski definition) is 6. The van der Waals surface area contributed by atoms with Gasteiger partial charge in [-0.15, -0.1) is 0 Å². The van der Waals surface area contributed by atoms with E-state index in [4.69, 9.17) is 9.15 Å². The highest BCUT2D eigenvalue weighted by Crippen LogP contribution is 2.21. The summed E-state index contributed by atoms with van der Waals surface area (Å²) in [6, 6.07) is 9.14. The van der Waals surface area contributed by atoms with Crippen molar-refractivity contribution in [1.82, 2.24) is 0 Å². The van der Waals surface area contributed by atoms with Gasteiger partial charge in [-0.05, 0) is 23.8 Å². The Balaban J connectivity index is 1.94. The third kappa shape index (κ3) is 2.57. The van der Waals surface area contributed by atoms with Crippen molar-refractivity contribution in [2.24, 2.45) is 4.99 Å². The molecule has 0 amide bonds. The summed E-state index contributed by atoms with van der Waals surface area (Å²) in [5.41, 5.74) is 0.480. The molecule has 1 aliphatic heterocycles. The molecule has 0 N–H and O–H groups in total. The molecule has 0 atom stereocenters. The minimum Gasteiger partial charge on any atom is -0.459 e. The number of hydrogen-bond donors (Lipinski definition) is 0. The SMILES string of the molecule is O=C1OC(c2ccco2)=N/C1=C/c1cccc([N+](=O)[O-])c1. The van der Waals surface area contributed by atoms with Crippen molar-refractivity contribution in [2.45, 2.75) is 0 Å². The van der Waals surface area contributed by atoms with Crippen molar-refractivity contribution >= 4 is 23.6 Å². The normalized spacial score (nSPS) is 15.9. The predicted molar refractivity (Wildman–Crippen MR) is 72.4 cm³/mol. The van der Waals surface area contributed by atoms with E-state index >= 15 is 0 Å². The van der Waals surface area contributed by atoms with Crippen molar-refractivity contribution in [1.29, 1.82) is 0 Å². The molecule has 7 nitrogen and oxygen atoms in total. The molecule has 0 spiro atoms. The Kier molecular flexibility index (Phi) is 3.07. The number of benzene rings is 1. The van der Waals surface area contributed by atoms with E-state index in [1.807, 2.05) is 0 Å². The summed E-state index contributed by atoms with van der Waals surface area (Å²) in [4.78, 5) is 26.0. The first kappa shape index (κ1) is 12.8. The first-order valence-electron chi connectivity index (χ1n) is 5.94. The lowest BCUT2D eigenvalue weighted by molar-refractivity contribution is -0.384. The lowest BCUT2D eigenvalue weighted by Crippen LogP contribution is -2.04. The van der Waals surface area contributed by atoms with E-state index in [0.29, 0.717) is 11.3 Å². The fraction of sp³-hybridized carbons (Fsp3) is 0. The average molecular weight is 284 g/mol. The van der Waals surface area contributed by atoms with Gasteiger partial charge in [-0.1, -0.05) is 12.1 Å². The van der Waals surface area contributed by atoms with Crippen LogP contribution >= 0.6 is 0 Å². The molecule has 1 aromatic heterocycles. The summed E-state index contributed by atoms with van der Waals surface area (Å²) in [5.74, 6) is -0.222. The average Bonchev–Trinajstić information content (AvgIpc) is 3.10. The van der Waals surface area contributed by atoms with Crippen LogP contribution < -0.4 is 0 Å². The number of carbonyl (C=O) groups excluding carboxylic acids is 1. The third-order valence-corrected chi connectivity index (χ3v) is 2.74. The van der Waals surface area contributed by atoms with Gasteiger partial charge < -0.3 is 9.15 Å². The Bertz CT molecular complexity index is 774. The maximum atomic E-state index is 11.7. The van der Waals surface area contributed by atoms with Crippen molar-refractivity contribution in [3.05, 3.63) is 69.8 Å². The summed E-state index contributed by atoms with van der Waals surface area (Å²) in [5, 5.41) is 10.7. The smallest absolute Gasteiger partial charge is 0.363 e. The number of aliphatic imine (C=N–C) groups is 1. The summed E-state index contributed by atoms with van der Waals surface area (Å²) in [7, 11) is 0. The van der Waals surface area contributed by atoms with Gasteiger partial charge in [0.25, 0.3) is 11.6 Å². The lowest BCUT2D eigenvalue weighted by Gasteiger charge is -1.95. The molecule has 0 saturated carbocycles. The quantitative estimate of drug-likeness (QED) is 0.373. The van der Waals surface area contributed by atoms with Gasteiger partial charge in [0, 0.05) is 12.1 Å². The van der Waals surface area contributed by atoms with Crippen LogP contribution in [0.1, 0.15) is 11.3 Å². The highest BCUT2D eigenvalue weighted by Gasteiger charge is 2.25. The molecule has 21 heavy (non-hydrogen) atoms. The van der Waals surface area contributed by atoms with Crippen LogP contribution in [0.4, 0.5) is 5.69 Å². The van der Waals surface area contributed by atoms with Gasteiger partial charge >= 0.3 is 5.97 Å². The van der Waals surface area contributed by atoms with Gasteiger partial charge in [-0.25, -0.2) is 9.79 Å². The first-order valence-corrected chi connectivity index (χ1v) is 5.94. The van der Waals surface area contributed by atoms with Crippen LogP contribution in [0.5, 0.6) is 0 Å². The van der Waals surface area contributed by atoms with Crippen LogP contribution in [0.25, 0.3) is 6.08 Å². The van der Waals surface area contributed by atoms with E-state index in [-0.39, 0.29) is 17.3 Å². The monoisotopic (exact) mass is 284 g/mol. The number of ether oxygens (including phenoxy) is 1. The van der Waals surface area contributed by atoms with Gasteiger partial charge in [0.05, 0.1) is 11.2 Å². The fourth-order valence-corrected chi connectivity index (χ4v) is 1.80. The number of carbonyl (C=O) groups is 1. The number of non-ortho nitro benzene ring substituents is 1. The topological polar surface area (TPSA) is 94.9 Å². The molecule has 3 rings (SSSR count). The van der Waals surface area contributed by atoms with Crippen LogP contribution in [-0.2, 0) is 9.53 Å². The van der Waals surface area contributed by atoms with Crippen molar-refractivity contribution in [2.75, 3.05) is 0 Å². The standard InChI is InChI=1S/C14H8N2O5/c17-14-11(15-13(21-14)12-5-2-6-20-12)8-9-3-1-4-10(7-9)16(18)19/h1-8H/b11-8+. The second-order valence-electron chi connectivity index (χ2n) is 4.17. The zero-order valence-electron chi connectivity index (χ0n) is 10.6. The molecule has 0 radical (unpaired) electrons. The second-order valence-corrected chi connectivity index (χ2v) is 4.17. The molecule has 7 heteroatoms. The van der Waals surface area contributed by atoms with E-state index in [0.717, 1.165) is 0 Å². The summed E-state index contributed by atoms with van der Waals surface area (Å²) < 4.78 is 10.1. The van der Waals surface area contributed by atoms with E-state index in [1.165, 1.54) is 30.5 Å². The maximum Gasteiger partial charge on any atom is 0.363 e. The van der Waals surface area contributed by atoms with Gasteiger partial charge in [0.1, 0.15) is 0 Å². The molecule has 2 heterocycles. The van der Waals surface area contributed by atoms with E-state index in [1.54, 1.807) is 18.2 Å². The van der Waals surface area contributed by atoms with E-state index < -0.39 is 10.9 Å². The van der Waals surface area contributed by atoms with Gasteiger partial charge in [-0.3, -0.25) is 10.1 Å². The van der Waals surface area contributed by atoms with Crippen LogP contribution in [0, 0.1) is 10.1 Å². The Morgan fingerprint density at radius 2 is 2.10 bits per heavy atom. The number of rotatable bonds is 3. The molecule has 0 saturated heterocycles. The molecule has 2 aromatic rings. The number of nitro benzene ring substituents is 1. The molecule has 1 aromatic carbocycles. The third-order valence-electron chi connectivity index (χ3n) is 2.74. The zero-order chi connectivity index (χ0) is 14.8. The molecular weight excluding hydrogens is 276 g/mol. The minimum absolute atomic E-state index is 0.0573. The first-order chi connectivity index (χ1) is 10.1.